The number of aromatic nitrogens is 3. The molecule has 0 atom stereocenters. The molecule has 0 aromatic carbocycles. The van der Waals surface area contributed by atoms with E-state index in [4.69, 9.17) is 0 Å². The van der Waals surface area contributed by atoms with Gasteiger partial charge in [0.05, 0.1) is 17.4 Å². The average Bonchev–Trinajstić information content (AvgIpc) is 2.55. The van der Waals surface area contributed by atoms with E-state index in [2.05, 4.69) is 35.3 Å². The van der Waals surface area contributed by atoms with Crippen LogP contribution in [0.2, 0.25) is 0 Å². The highest BCUT2D eigenvalue weighted by Gasteiger charge is 2.09. The van der Waals surface area contributed by atoms with Crippen LogP contribution in [0.3, 0.4) is 0 Å². The zero-order valence-electron chi connectivity index (χ0n) is 10.5. The fourth-order valence-electron chi connectivity index (χ4n) is 1.37. The summed E-state index contributed by atoms with van der Waals surface area (Å²) in [6.07, 6.45) is 5.56. The third-order valence-electron chi connectivity index (χ3n) is 2.04. The van der Waals surface area contributed by atoms with Crippen molar-refractivity contribution in [2.75, 3.05) is 0 Å². The minimum absolute atomic E-state index is 0.131. The number of rotatable bonds is 2. The molecule has 0 saturated heterocycles. The van der Waals surface area contributed by atoms with Gasteiger partial charge in [-0.2, -0.15) is 5.10 Å². The van der Waals surface area contributed by atoms with Gasteiger partial charge in [0.15, 0.2) is 0 Å². The Morgan fingerprint density at radius 2 is 2.18 bits per heavy atom. The van der Waals surface area contributed by atoms with Crippen molar-refractivity contribution in [1.82, 2.24) is 14.8 Å². The van der Waals surface area contributed by atoms with E-state index < -0.39 is 0 Å². The van der Waals surface area contributed by atoms with E-state index in [1.165, 1.54) is 0 Å². The molecule has 0 saturated carbocycles. The van der Waals surface area contributed by atoms with Crippen LogP contribution < -0.4 is 0 Å². The molecule has 2 heterocycles. The molecule has 2 aromatic heterocycles. The Balaban J connectivity index is 2.19. The smallest absolute Gasteiger partial charge is 0.0960 e. The third kappa shape index (κ3) is 3.30. The van der Waals surface area contributed by atoms with Gasteiger partial charge in [-0.05, 0) is 38.8 Å². The molecule has 0 fully saturated rings. The first-order valence-corrected chi connectivity index (χ1v) is 6.22. The van der Waals surface area contributed by atoms with Crippen molar-refractivity contribution in [3.05, 3.63) is 24.2 Å². The maximum atomic E-state index is 4.34. The molecule has 17 heavy (non-hydrogen) atoms. The van der Waals surface area contributed by atoms with Crippen LogP contribution in [0.4, 0.5) is 0 Å². The molecule has 0 aliphatic rings. The highest BCUT2D eigenvalue weighted by atomic mass is 32.2. The molecule has 0 radical (unpaired) electrons. The van der Waals surface area contributed by atoms with Gasteiger partial charge in [0, 0.05) is 29.6 Å². The Kier molecular flexibility index (Phi) is 3.19. The van der Waals surface area contributed by atoms with Crippen molar-refractivity contribution in [1.29, 1.82) is 0 Å². The molecule has 0 unspecified atom stereocenters. The number of fused-ring (bicyclic) bond motifs is 1. The molecule has 4 nitrogen and oxygen atoms in total. The quantitative estimate of drug-likeness (QED) is 0.606. The van der Waals surface area contributed by atoms with Gasteiger partial charge in [-0.25, -0.2) is 4.40 Å². The first-order valence-electron chi connectivity index (χ1n) is 5.45. The van der Waals surface area contributed by atoms with Crippen molar-refractivity contribution in [2.45, 2.75) is 25.5 Å². The molecule has 2 rings (SSSR count). The van der Waals surface area contributed by atoms with E-state index in [1.807, 2.05) is 25.5 Å². The van der Waals surface area contributed by atoms with E-state index >= 15 is 0 Å². The lowest BCUT2D eigenvalue weighted by molar-refractivity contribution is 0.780. The number of pyridine rings is 1. The Labute approximate surface area is 105 Å². The summed E-state index contributed by atoms with van der Waals surface area (Å²) < 4.78 is 6.24. The van der Waals surface area contributed by atoms with Crippen LogP contribution in [-0.2, 0) is 7.05 Å². The number of aryl methyl sites for hydroxylation is 1. The predicted molar refractivity (Wildman–Crippen MR) is 73.4 cm³/mol. The van der Waals surface area contributed by atoms with Crippen LogP contribution in [-0.4, -0.2) is 25.7 Å². The lowest BCUT2D eigenvalue weighted by Gasteiger charge is -2.11. The van der Waals surface area contributed by atoms with Gasteiger partial charge in [-0.3, -0.25) is 9.67 Å². The van der Waals surface area contributed by atoms with E-state index in [-0.39, 0.29) is 4.75 Å². The van der Waals surface area contributed by atoms with Gasteiger partial charge in [0.25, 0.3) is 0 Å². The molecular formula is C12H16N4S. The molecular weight excluding hydrogens is 232 g/mol. The van der Waals surface area contributed by atoms with Crippen molar-refractivity contribution in [3.63, 3.8) is 0 Å². The maximum absolute atomic E-state index is 4.34. The minimum Gasteiger partial charge on any atom is -0.275 e. The van der Waals surface area contributed by atoms with Gasteiger partial charge < -0.3 is 0 Å². The largest absolute Gasteiger partial charge is 0.275 e. The van der Waals surface area contributed by atoms with Crippen molar-refractivity contribution >= 4 is 29.1 Å². The first kappa shape index (κ1) is 12.1. The molecule has 0 amide bonds. The minimum atomic E-state index is 0.131. The third-order valence-corrected chi connectivity index (χ3v) is 2.79. The summed E-state index contributed by atoms with van der Waals surface area (Å²) in [6, 6.07) is 1.95. The van der Waals surface area contributed by atoms with Crippen LogP contribution in [0.25, 0.3) is 10.9 Å². The molecule has 0 bridgehead atoms. The highest BCUT2D eigenvalue weighted by Crippen LogP contribution is 2.23. The van der Waals surface area contributed by atoms with Gasteiger partial charge in [0.1, 0.15) is 0 Å². The van der Waals surface area contributed by atoms with Crippen molar-refractivity contribution in [3.8, 4) is 0 Å². The van der Waals surface area contributed by atoms with Gasteiger partial charge in [-0.1, -0.05) is 0 Å². The van der Waals surface area contributed by atoms with Gasteiger partial charge in [0.2, 0.25) is 0 Å². The zero-order chi connectivity index (χ0) is 12.5. The number of hydrogen-bond acceptors (Lipinski definition) is 4. The Bertz CT molecular complexity index is 551. The van der Waals surface area contributed by atoms with E-state index in [0.717, 1.165) is 16.6 Å². The van der Waals surface area contributed by atoms with Crippen LogP contribution in [0, 0.1) is 0 Å². The summed E-state index contributed by atoms with van der Waals surface area (Å²) in [5.41, 5.74) is 1.79. The second-order valence-electron chi connectivity index (χ2n) is 4.91. The molecule has 0 spiro atoms. The van der Waals surface area contributed by atoms with Crippen LogP contribution in [0.15, 0.2) is 22.9 Å². The maximum Gasteiger partial charge on any atom is 0.0960 e. The standard InChI is InChI=1S/C12H16N4S/c1-12(2,3)17-14-7-10-5-11-9(6-13-10)8-16(4)15-11/h5-8H,1-4H3/b14-7+. The Hall–Kier alpha value is -1.36. The van der Waals surface area contributed by atoms with Crippen LogP contribution in [0.1, 0.15) is 26.5 Å². The monoisotopic (exact) mass is 248 g/mol. The number of hydrogen-bond donors (Lipinski definition) is 0. The molecule has 0 N–H and O–H groups in total. The lowest BCUT2D eigenvalue weighted by Crippen LogP contribution is -2.05. The second kappa shape index (κ2) is 4.49. The lowest BCUT2D eigenvalue weighted by atomic mass is 10.3. The van der Waals surface area contributed by atoms with Crippen molar-refractivity contribution < 1.29 is 0 Å². The second-order valence-corrected chi connectivity index (χ2v) is 6.53. The fraction of sp³-hybridized carbons (Fsp3) is 0.417. The zero-order valence-corrected chi connectivity index (χ0v) is 11.3. The molecule has 90 valence electrons. The SMILES string of the molecule is Cn1cc2cnc(/C=N/SC(C)(C)C)cc2n1. The molecule has 2 aromatic rings. The number of nitrogens with zero attached hydrogens (tertiary/aromatic N) is 4. The molecule has 5 heteroatoms. The average molecular weight is 248 g/mol. The van der Waals surface area contributed by atoms with Crippen LogP contribution in [0.5, 0.6) is 0 Å². The topological polar surface area (TPSA) is 43.1 Å². The summed E-state index contributed by atoms with van der Waals surface area (Å²) in [5.74, 6) is 0. The summed E-state index contributed by atoms with van der Waals surface area (Å²) in [5, 5.41) is 5.39. The highest BCUT2D eigenvalue weighted by molar-refractivity contribution is 7.99. The van der Waals surface area contributed by atoms with Gasteiger partial charge >= 0.3 is 0 Å². The summed E-state index contributed by atoms with van der Waals surface area (Å²) in [6.45, 7) is 6.39. The normalized spacial score (nSPS) is 12.7. The van der Waals surface area contributed by atoms with E-state index in [0.29, 0.717) is 0 Å². The first-order chi connectivity index (χ1) is 7.94. The molecule has 0 aliphatic carbocycles. The Morgan fingerprint density at radius 3 is 2.88 bits per heavy atom. The van der Waals surface area contributed by atoms with E-state index in [1.54, 1.807) is 22.8 Å². The fourth-order valence-corrected chi connectivity index (χ4v) is 1.84. The summed E-state index contributed by atoms with van der Waals surface area (Å²) in [7, 11) is 1.91. The summed E-state index contributed by atoms with van der Waals surface area (Å²) >= 11 is 1.54. The van der Waals surface area contributed by atoms with Crippen molar-refractivity contribution in [2.24, 2.45) is 11.4 Å². The summed E-state index contributed by atoms with van der Waals surface area (Å²) in [4.78, 5) is 4.32. The molecule has 0 aliphatic heterocycles. The van der Waals surface area contributed by atoms with Gasteiger partial charge in [-0.15, -0.1) is 0 Å². The predicted octanol–water partition coefficient (Wildman–Crippen LogP) is 2.83. The Morgan fingerprint density at radius 1 is 1.41 bits per heavy atom. The van der Waals surface area contributed by atoms with Crippen LogP contribution >= 0.6 is 11.9 Å². The van der Waals surface area contributed by atoms with E-state index in [9.17, 15) is 0 Å².